The topological polar surface area (TPSA) is 121 Å². The summed E-state index contributed by atoms with van der Waals surface area (Å²) >= 11 is 0. The molecule has 9 nitrogen and oxygen atoms in total. The minimum atomic E-state index is -1.20. The molecule has 5 rings (SSSR count). The van der Waals surface area contributed by atoms with E-state index in [1.807, 2.05) is 5.16 Å². The summed E-state index contributed by atoms with van der Waals surface area (Å²) in [4.78, 5) is 26.9. The van der Waals surface area contributed by atoms with Gasteiger partial charge in [-0.05, 0) is 12.1 Å². The van der Waals surface area contributed by atoms with Crippen LogP contribution < -0.4 is 32.5 Å². The number of H-pyrrole nitrogens is 1. The molecule has 5 N–H and O–H groups in total. The van der Waals surface area contributed by atoms with Gasteiger partial charge in [0.25, 0.3) is 5.56 Å². The number of hydrazine groups is 1. The van der Waals surface area contributed by atoms with E-state index in [0.717, 1.165) is 16.7 Å². The number of nitrogens with zero attached hydrogens (tertiary/aromatic N) is 2. The average Bonchev–Trinajstić information content (AvgIpc) is 3.18. The summed E-state index contributed by atoms with van der Waals surface area (Å²) in [6.45, 7) is 1.35. The fourth-order valence-corrected chi connectivity index (χ4v) is 4.17. The zero-order valence-electron chi connectivity index (χ0n) is 16.8. The van der Waals surface area contributed by atoms with Crippen LogP contribution in [-0.4, -0.2) is 35.9 Å². The number of fused-ring (bicyclic) bond motifs is 2. The zero-order valence-corrected chi connectivity index (χ0v) is 16.8. The van der Waals surface area contributed by atoms with Crippen LogP contribution in [0.5, 0.6) is 0 Å². The van der Waals surface area contributed by atoms with Gasteiger partial charge < -0.3 is 20.2 Å². The lowest BCUT2D eigenvalue weighted by atomic mass is 10.1. The molecule has 0 unspecified atom stereocenters. The fraction of sp³-hybridized carbons (Fsp3) is 0.200. The van der Waals surface area contributed by atoms with Gasteiger partial charge in [0.05, 0.1) is 11.1 Å². The molecule has 0 atom stereocenters. The van der Waals surface area contributed by atoms with Crippen molar-refractivity contribution >= 4 is 33.4 Å². The summed E-state index contributed by atoms with van der Waals surface area (Å²) in [5.41, 5.74) is -2.63. The van der Waals surface area contributed by atoms with Gasteiger partial charge in [-0.15, -0.1) is 0 Å². The number of rotatable bonds is 3. The molecule has 4 aromatic rings. The monoisotopic (exact) mass is 464 g/mol. The van der Waals surface area contributed by atoms with Crippen molar-refractivity contribution in [2.75, 3.05) is 36.5 Å². The first-order chi connectivity index (χ1) is 15.8. The molecule has 1 fully saturated rings. The van der Waals surface area contributed by atoms with Crippen LogP contribution in [0.4, 0.5) is 28.9 Å². The molecule has 2 aromatic heterocycles. The van der Waals surface area contributed by atoms with Crippen LogP contribution in [0.15, 0.2) is 32.3 Å². The first-order valence-corrected chi connectivity index (χ1v) is 9.83. The Labute approximate surface area is 181 Å². The van der Waals surface area contributed by atoms with E-state index in [0.29, 0.717) is 19.2 Å². The molecule has 1 aliphatic rings. The van der Waals surface area contributed by atoms with Gasteiger partial charge in [-0.1, -0.05) is 0 Å². The maximum atomic E-state index is 16.0. The van der Waals surface area contributed by atoms with Gasteiger partial charge in [-0.25, -0.2) is 17.6 Å². The van der Waals surface area contributed by atoms with Crippen molar-refractivity contribution in [1.29, 1.82) is 0 Å². The molecule has 0 saturated carbocycles. The molecule has 0 bridgehead atoms. The summed E-state index contributed by atoms with van der Waals surface area (Å²) in [5, 5.41) is 3.76. The van der Waals surface area contributed by atoms with Crippen molar-refractivity contribution in [3.63, 3.8) is 0 Å². The van der Waals surface area contributed by atoms with E-state index in [1.54, 1.807) is 0 Å². The minimum Gasteiger partial charge on any atom is -0.364 e. The number of nitrogen functional groups attached to an aromatic ring is 1. The smallest absolute Gasteiger partial charge is 0.293 e. The molecule has 2 aromatic carbocycles. The molecule has 0 aliphatic carbocycles. The second-order valence-electron chi connectivity index (χ2n) is 7.43. The minimum absolute atomic E-state index is 0.236. The molecule has 0 amide bonds. The standard InChI is InChI=1S/C20H16F4N6O3/c21-8-1-2-10(9(22)7-8)30-16-11(18(31)12-19(32)28-33-20(12)30)15(27-25)13(23)17(14(16)24)29-5-3-26-4-6-29/h1-2,7,26-27H,3-6,25H2,(H,28,32). The number of hydrogen-bond acceptors (Lipinski definition) is 7. The number of nitrogens with two attached hydrogens (primary N) is 1. The lowest BCUT2D eigenvalue weighted by Crippen LogP contribution is -2.44. The van der Waals surface area contributed by atoms with Crippen molar-refractivity contribution in [3.05, 3.63) is 62.0 Å². The van der Waals surface area contributed by atoms with E-state index >= 15 is 8.78 Å². The van der Waals surface area contributed by atoms with E-state index in [4.69, 9.17) is 10.4 Å². The van der Waals surface area contributed by atoms with Crippen LogP contribution in [0.3, 0.4) is 0 Å². The highest BCUT2D eigenvalue weighted by atomic mass is 19.1. The Bertz CT molecular complexity index is 1540. The summed E-state index contributed by atoms with van der Waals surface area (Å²) in [5.74, 6) is 1.11. The number of halogens is 4. The predicted octanol–water partition coefficient (Wildman–Crippen LogP) is 1.68. The SMILES string of the molecule is NNc1c(F)c(N2CCNCC2)c(F)c2c1c(=O)c1c(=O)[nH]oc1n2-c1ccc(F)cc1F. The predicted molar refractivity (Wildman–Crippen MR) is 113 cm³/mol. The molecule has 172 valence electrons. The highest BCUT2D eigenvalue weighted by Gasteiger charge is 2.31. The van der Waals surface area contributed by atoms with Crippen molar-refractivity contribution in [1.82, 2.24) is 15.0 Å². The number of anilines is 2. The van der Waals surface area contributed by atoms with E-state index in [9.17, 15) is 18.4 Å². The normalized spacial score (nSPS) is 14.4. The van der Waals surface area contributed by atoms with Crippen LogP contribution in [-0.2, 0) is 0 Å². The largest absolute Gasteiger partial charge is 0.364 e. The average molecular weight is 464 g/mol. The lowest BCUT2D eigenvalue weighted by Gasteiger charge is -2.31. The van der Waals surface area contributed by atoms with Crippen molar-refractivity contribution in [2.24, 2.45) is 5.84 Å². The molecule has 3 heterocycles. The van der Waals surface area contributed by atoms with Crippen molar-refractivity contribution in [3.8, 4) is 5.69 Å². The Morgan fingerprint density at radius 2 is 1.76 bits per heavy atom. The zero-order chi connectivity index (χ0) is 23.4. The molecule has 1 saturated heterocycles. The van der Waals surface area contributed by atoms with Crippen LogP contribution in [0.25, 0.3) is 27.7 Å². The Morgan fingerprint density at radius 1 is 1.03 bits per heavy atom. The summed E-state index contributed by atoms with van der Waals surface area (Å²) in [7, 11) is 0. The molecule has 33 heavy (non-hydrogen) atoms. The number of pyridine rings is 1. The van der Waals surface area contributed by atoms with Gasteiger partial charge in [0, 0.05) is 32.2 Å². The maximum absolute atomic E-state index is 16.0. The first-order valence-electron chi connectivity index (χ1n) is 9.83. The number of aromatic nitrogens is 2. The van der Waals surface area contributed by atoms with Crippen molar-refractivity contribution in [2.45, 2.75) is 0 Å². The number of nitrogens with one attached hydrogen (secondary N) is 3. The fourth-order valence-electron chi connectivity index (χ4n) is 4.17. The Balaban J connectivity index is 2.04. The third-order valence-electron chi connectivity index (χ3n) is 5.62. The van der Waals surface area contributed by atoms with Gasteiger partial charge in [0.1, 0.15) is 28.5 Å². The van der Waals surface area contributed by atoms with E-state index in [1.165, 1.54) is 4.90 Å². The third kappa shape index (κ3) is 3.00. The summed E-state index contributed by atoms with van der Waals surface area (Å²) in [6.07, 6.45) is 0. The maximum Gasteiger partial charge on any atom is 0.293 e. The quantitative estimate of drug-likeness (QED) is 0.207. The van der Waals surface area contributed by atoms with E-state index in [-0.39, 0.29) is 13.1 Å². The van der Waals surface area contributed by atoms with Crippen molar-refractivity contribution < 1.29 is 22.1 Å². The lowest BCUT2D eigenvalue weighted by molar-refractivity contribution is 0.435. The van der Waals surface area contributed by atoms with E-state index in [2.05, 4.69) is 10.7 Å². The van der Waals surface area contributed by atoms with Crippen LogP contribution >= 0.6 is 0 Å². The number of benzene rings is 2. The second kappa shape index (κ2) is 7.64. The van der Waals surface area contributed by atoms with Gasteiger partial charge in [-0.2, -0.15) is 5.16 Å². The Kier molecular flexibility index (Phi) is 4.87. The van der Waals surface area contributed by atoms with Crippen LogP contribution in [0.2, 0.25) is 0 Å². The van der Waals surface area contributed by atoms with Gasteiger partial charge >= 0.3 is 0 Å². The van der Waals surface area contributed by atoms with Crippen LogP contribution in [0.1, 0.15) is 0 Å². The number of aromatic amines is 1. The van der Waals surface area contributed by atoms with E-state index < -0.39 is 73.3 Å². The highest BCUT2D eigenvalue weighted by molar-refractivity contribution is 6.02. The summed E-state index contributed by atoms with van der Waals surface area (Å²) in [6, 6.07) is 2.42. The Morgan fingerprint density at radius 3 is 2.42 bits per heavy atom. The number of hydrogen-bond donors (Lipinski definition) is 4. The molecular formula is C20H16F4N6O3. The second-order valence-corrected chi connectivity index (χ2v) is 7.43. The van der Waals surface area contributed by atoms with Gasteiger partial charge in [0.2, 0.25) is 11.1 Å². The molecule has 13 heteroatoms. The third-order valence-corrected chi connectivity index (χ3v) is 5.62. The number of piperazine rings is 1. The summed E-state index contributed by atoms with van der Waals surface area (Å²) < 4.78 is 65.8. The molecular weight excluding hydrogens is 448 g/mol. The molecule has 0 spiro atoms. The van der Waals surface area contributed by atoms with Crippen LogP contribution in [0, 0.1) is 23.3 Å². The van der Waals surface area contributed by atoms with Gasteiger partial charge in [0.15, 0.2) is 17.0 Å². The highest BCUT2D eigenvalue weighted by Crippen LogP contribution is 2.38. The first kappa shape index (κ1) is 21.0. The van der Waals surface area contributed by atoms with Gasteiger partial charge in [-0.3, -0.25) is 20.0 Å². The Hall–Kier alpha value is -3.84. The molecule has 0 radical (unpaired) electrons. The molecule has 1 aliphatic heterocycles.